The molecular weight excluding hydrogens is 300 g/mol. The van der Waals surface area contributed by atoms with Gasteiger partial charge in [-0.05, 0) is 41.7 Å². The molecule has 0 spiro atoms. The summed E-state index contributed by atoms with van der Waals surface area (Å²) in [5.41, 5.74) is 3.64. The van der Waals surface area contributed by atoms with Crippen LogP contribution in [-0.2, 0) is 6.42 Å². The molecule has 0 radical (unpaired) electrons. The number of rotatable bonds is 3. The molecular formula is C19H22N4O. The molecule has 0 saturated heterocycles. The van der Waals surface area contributed by atoms with E-state index in [1.807, 2.05) is 6.20 Å². The molecule has 5 heteroatoms. The van der Waals surface area contributed by atoms with E-state index in [1.54, 1.807) is 13.4 Å². The van der Waals surface area contributed by atoms with Crippen LogP contribution in [0.15, 0.2) is 36.8 Å². The van der Waals surface area contributed by atoms with Gasteiger partial charge in [-0.3, -0.25) is 0 Å². The number of methoxy groups -OCH3 is 1. The van der Waals surface area contributed by atoms with Crippen LogP contribution in [0.4, 0.5) is 5.82 Å². The molecule has 1 aromatic carbocycles. The zero-order valence-corrected chi connectivity index (χ0v) is 14.3. The first-order chi connectivity index (χ1) is 11.7. The van der Waals surface area contributed by atoms with Crippen molar-refractivity contribution in [3.8, 4) is 5.75 Å². The van der Waals surface area contributed by atoms with Crippen LogP contribution in [0, 0.1) is 5.92 Å². The fourth-order valence-electron chi connectivity index (χ4n) is 3.81. The second-order valence-electron chi connectivity index (χ2n) is 6.63. The normalized spacial score (nSPS) is 17.3. The number of hydrogen-bond acceptors (Lipinski definition) is 4. The van der Waals surface area contributed by atoms with Gasteiger partial charge in [0, 0.05) is 12.7 Å². The van der Waals surface area contributed by atoms with Crippen LogP contribution in [0.1, 0.15) is 31.0 Å². The third kappa shape index (κ3) is 2.31. The monoisotopic (exact) mass is 322 g/mol. The van der Waals surface area contributed by atoms with E-state index >= 15 is 0 Å². The van der Waals surface area contributed by atoms with Gasteiger partial charge >= 0.3 is 0 Å². The van der Waals surface area contributed by atoms with Crippen LogP contribution in [0.2, 0.25) is 0 Å². The summed E-state index contributed by atoms with van der Waals surface area (Å²) in [7, 11) is 1.72. The van der Waals surface area contributed by atoms with E-state index < -0.39 is 0 Å². The van der Waals surface area contributed by atoms with E-state index in [1.165, 1.54) is 11.1 Å². The molecule has 0 bridgehead atoms. The minimum Gasteiger partial charge on any atom is -0.497 e. The summed E-state index contributed by atoms with van der Waals surface area (Å²) in [5.74, 6) is 2.42. The Hall–Kier alpha value is -2.56. The molecule has 124 valence electrons. The van der Waals surface area contributed by atoms with Gasteiger partial charge in [0.1, 0.15) is 23.5 Å². The molecule has 3 aromatic rings. The SMILES string of the molecule is COc1ccc2c(c1)CCN(c1ncnc3[nH]ccc13)[C@H]2C(C)C. The third-order valence-electron chi connectivity index (χ3n) is 4.86. The van der Waals surface area contributed by atoms with Crippen LogP contribution in [0.25, 0.3) is 11.0 Å². The van der Waals surface area contributed by atoms with E-state index in [0.29, 0.717) is 12.0 Å². The lowest BCUT2D eigenvalue weighted by Gasteiger charge is -2.40. The maximum atomic E-state index is 5.40. The number of ether oxygens (including phenoxy) is 1. The highest BCUT2D eigenvalue weighted by molar-refractivity contribution is 5.87. The maximum absolute atomic E-state index is 5.40. The van der Waals surface area contributed by atoms with Crippen LogP contribution < -0.4 is 9.64 Å². The van der Waals surface area contributed by atoms with Crippen molar-refractivity contribution in [1.29, 1.82) is 0 Å². The van der Waals surface area contributed by atoms with Gasteiger partial charge in [-0.15, -0.1) is 0 Å². The van der Waals surface area contributed by atoms with E-state index in [0.717, 1.165) is 35.6 Å². The molecule has 4 rings (SSSR count). The number of fused-ring (bicyclic) bond motifs is 2. The Morgan fingerprint density at radius 3 is 2.92 bits per heavy atom. The first kappa shape index (κ1) is 15.0. The largest absolute Gasteiger partial charge is 0.497 e. The Morgan fingerprint density at radius 1 is 1.25 bits per heavy atom. The fraction of sp³-hybridized carbons (Fsp3) is 0.368. The van der Waals surface area contributed by atoms with Crippen molar-refractivity contribution in [1.82, 2.24) is 15.0 Å². The second-order valence-corrected chi connectivity index (χ2v) is 6.63. The first-order valence-electron chi connectivity index (χ1n) is 8.40. The summed E-state index contributed by atoms with van der Waals surface area (Å²) >= 11 is 0. The van der Waals surface area contributed by atoms with Crippen LogP contribution in [0.5, 0.6) is 5.75 Å². The smallest absolute Gasteiger partial charge is 0.142 e. The fourth-order valence-corrected chi connectivity index (χ4v) is 3.81. The molecule has 0 aliphatic carbocycles. The van der Waals surface area contributed by atoms with Crippen molar-refractivity contribution in [2.75, 3.05) is 18.6 Å². The van der Waals surface area contributed by atoms with Crippen molar-refractivity contribution in [2.45, 2.75) is 26.3 Å². The number of aromatic nitrogens is 3. The molecule has 1 N–H and O–H groups in total. The van der Waals surface area contributed by atoms with Crippen molar-refractivity contribution in [3.63, 3.8) is 0 Å². The van der Waals surface area contributed by atoms with E-state index in [9.17, 15) is 0 Å². The molecule has 0 amide bonds. The Bertz CT molecular complexity index is 871. The summed E-state index contributed by atoms with van der Waals surface area (Å²) in [4.78, 5) is 14.5. The Balaban J connectivity index is 1.83. The summed E-state index contributed by atoms with van der Waals surface area (Å²) in [6, 6.07) is 8.80. The summed E-state index contributed by atoms with van der Waals surface area (Å²) in [6.07, 6.45) is 4.57. The Morgan fingerprint density at radius 2 is 2.12 bits per heavy atom. The molecule has 5 nitrogen and oxygen atoms in total. The molecule has 2 aromatic heterocycles. The number of nitrogens with one attached hydrogen (secondary N) is 1. The average molecular weight is 322 g/mol. The summed E-state index contributed by atoms with van der Waals surface area (Å²) in [5, 5.41) is 1.08. The molecule has 0 saturated carbocycles. The van der Waals surface area contributed by atoms with Crippen molar-refractivity contribution in [3.05, 3.63) is 47.9 Å². The lowest BCUT2D eigenvalue weighted by Crippen LogP contribution is -2.38. The number of benzene rings is 1. The minimum absolute atomic E-state index is 0.299. The van der Waals surface area contributed by atoms with Gasteiger partial charge < -0.3 is 14.6 Å². The lowest BCUT2D eigenvalue weighted by atomic mass is 9.86. The van der Waals surface area contributed by atoms with Gasteiger partial charge in [-0.2, -0.15) is 0 Å². The number of anilines is 1. The highest BCUT2D eigenvalue weighted by atomic mass is 16.5. The van der Waals surface area contributed by atoms with Crippen LogP contribution >= 0.6 is 0 Å². The highest BCUT2D eigenvalue weighted by Gasteiger charge is 2.31. The van der Waals surface area contributed by atoms with E-state index in [-0.39, 0.29) is 0 Å². The van der Waals surface area contributed by atoms with Crippen molar-refractivity contribution >= 4 is 16.9 Å². The molecule has 0 unspecified atom stereocenters. The number of aromatic amines is 1. The molecule has 3 heterocycles. The standard InChI is InChI=1S/C19H22N4O/c1-12(2)17-15-5-4-14(24-3)10-13(15)7-9-23(17)19-16-6-8-20-18(16)21-11-22-19/h4-6,8,10-12,17H,7,9H2,1-3H3,(H,20,21,22)/t17-/m0/s1. The molecule has 1 aliphatic rings. The molecule has 1 aliphatic heterocycles. The van der Waals surface area contributed by atoms with Crippen LogP contribution in [-0.4, -0.2) is 28.6 Å². The zero-order valence-electron chi connectivity index (χ0n) is 14.3. The molecule has 24 heavy (non-hydrogen) atoms. The van der Waals surface area contributed by atoms with Crippen molar-refractivity contribution in [2.24, 2.45) is 5.92 Å². The van der Waals surface area contributed by atoms with Crippen molar-refractivity contribution < 1.29 is 4.74 Å². The number of hydrogen-bond donors (Lipinski definition) is 1. The van der Waals surface area contributed by atoms with Gasteiger partial charge in [0.15, 0.2) is 0 Å². The zero-order chi connectivity index (χ0) is 16.7. The Labute approximate surface area is 141 Å². The van der Waals surface area contributed by atoms with Gasteiger partial charge in [0.25, 0.3) is 0 Å². The number of nitrogens with zero attached hydrogens (tertiary/aromatic N) is 3. The highest BCUT2D eigenvalue weighted by Crippen LogP contribution is 2.40. The van der Waals surface area contributed by atoms with Gasteiger partial charge in [0.2, 0.25) is 0 Å². The van der Waals surface area contributed by atoms with Crippen LogP contribution in [0.3, 0.4) is 0 Å². The summed E-state index contributed by atoms with van der Waals surface area (Å²) < 4.78 is 5.40. The van der Waals surface area contributed by atoms with E-state index in [2.05, 4.69) is 58.0 Å². The van der Waals surface area contributed by atoms with Gasteiger partial charge in [0.05, 0.1) is 18.5 Å². The molecule has 1 atom stereocenters. The lowest BCUT2D eigenvalue weighted by molar-refractivity contribution is 0.410. The molecule has 0 fully saturated rings. The van der Waals surface area contributed by atoms with Gasteiger partial charge in [-0.25, -0.2) is 9.97 Å². The quantitative estimate of drug-likeness (QED) is 0.798. The Kier molecular flexibility index (Phi) is 3.63. The van der Waals surface area contributed by atoms with Gasteiger partial charge in [-0.1, -0.05) is 19.9 Å². The summed E-state index contributed by atoms with van der Waals surface area (Å²) in [6.45, 7) is 5.49. The average Bonchev–Trinajstić information content (AvgIpc) is 3.08. The first-order valence-corrected chi connectivity index (χ1v) is 8.40. The predicted molar refractivity (Wildman–Crippen MR) is 95.5 cm³/mol. The third-order valence-corrected chi connectivity index (χ3v) is 4.86. The topological polar surface area (TPSA) is 54.0 Å². The van der Waals surface area contributed by atoms with E-state index in [4.69, 9.17) is 4.74 Å². The number of H-pyrrole nitrogens is 1. The maximum Gasteiger partial charge on any atom is 0.142 e. The minimum atomic E-state index is 0.299. The second kappa shape index (κ2) is 5.82. The predicted octanol–water partition coefficient (Wildman–Crippen LogP) is 3.73.